The first kappa shape index (κ1) is 23.0. The summed E-state index contributed by atoms with van der Waals surface area (Å²) in [5, 5.41) is 4.74. The largest absolute Gasteiger partial charge is 0.379 e. The van der Waals surface area contributed by atoms with Crippen molar-refractivity contribution in [3.05, 3.63) is 0 Å². The Morgan fingerprint density at radius 1 is 1.03 bits per heavy atom. The van der Waals surface area contributed by atoms with E-state index in [9.17, 15) is 4.79 Å². The van der Waals surface area contributed by atoms with Gasteiger partial charge in [0, 0.05) is 49.9 Å². The average Bonchev–Trinajstić information content (AvgIpc) is 2.71. The number of morpholine rings is 2. The molecule has 2 heterocycles. The summed E-state index contributed by atoms with van der Waals surface area (Å²) in [5.41, 5.74) is 3.86. The third kappa shape index (κ3) is 5.51. The Balaban J connectivity index is 1.92. The molecule has 3 rings (SSSR count). The van der Waals surface area contributed by atoms with Crippen molar-refractivity contribution in [3.63, 3.8) is 0 Å². The molecule has 29 heavy (non-hydrogen) atoms. The van der Waals surface area contributed by atoms with Crippen molar-refractivity contribution in [2.45, 2.75) is 51.6 Å². The first-order valence-electron chi connectivity index (χ1n) is 10.5. The molecule has 0 amide bonds. The summed E-state index contributed by atoms with van der Waals surface area (Å²) in [7, 11) is -2.18. The highest BCUT2D eigenvalue weighted by molar-refractivity contribution is 7.81. The smallest absolute Gasteiger partial charge is 0.214 e. The highest BCUT2D eigenvalue weighted by atomic mass is 32.1. The molecule has 0 radical (unpaired) electrons. The second kappa shape index (κ2) is 10.1. The number of nitrogens with zero attached hydrogens (tertiary/aromatic N) is 4. The van der Waals surface area contributed by atoms with Gasteiger partial charge in [0.05, 0.1) is 26.4 Å². The molecule has 3 aliphatic rings. The van der Waals surface area contributed by atoms with E-state index in [-0.39, 0.29) is 10.9 Å². The highest BCUT2D eigenvalue weighted by Crippen LogP contribution is 2.66. The first-order valence-corrected chi connectivity index (χ1v) is 12.5. The second-order valence-electron chi connectivity index (χ2n) is 8.64. The first-order chi connectivity index (χ1) is 13.8. The average molecular weight is 444 g/mol. The molecule has 0 spiro atoms. The topological polar surface area (TPSA) is 78.8 Å². The van der Waals surface area contributed by atoms with Gasteiger partial charge in [-0.05, 0) is 25.1 Å². The van der Waals surface area contributed by atoms with Crippen LogP contribution in [-0.4, -0.2) is 83.7 Å². The summed E-state index contributed by atoms with van der Waals surface area (Å²) in [6.45, 7) is 13.0. The van der Waals surface area contributed by atoms with E-state index in [1.165, 1.54) is 0 Å². The Morgan fingerprint density at radius 2 is 1.59 bits per heavy atom. The molecule has 1 saturated carbocycles. The predicted molar refractivity (Wildman–Crippen MR) is 121 cm³/mol. The van der Waals surface area contributed by atoms with Gasteiger partial charge in [-0.3, -0.25) is 19.6 Å². The van der Waals surface area contributed by atoms with Gasteiger partial charge in [-0.2, -0.15) is 5.10 Å². The van der Waals surface area contributed by atoms with Gasteiger partial charge in [-0.25, -0.2) is 4.74 Å². The molecule has 3 fully saturated rings. The van der Waals surface area contributed by atoms with Crippen molar-refractivity contribution in [1.29, 1.82) is 0 Å². The molecule has 2 aliphatic heterocycles. The minimum absolute atomic E-state index is 0.0959. The Labute approximate surface area is 179 Å². The van der Waals surface area contributed by atoms with Crippen LogP contribution in [0, 0.1) is 0 Å². The molecule has 164 valence electrons. The fourth-order valence-electron chi connectivity index (χ4n) is 4.23. The molecule has 1 N–H and O–H groups in total. The fraction of sp³-hybridized carbons (Fsp3) is 0.842. The maximum atomic E-state index is 11.7. The number of nitrogens with one attached hydrogen (secondary N) is 1. The van der Waals surface area contributed by atoms with Gasteiger partial charge >= 0.3 is 0 Å². The zero-order valence-electron chi connectivity index (χ0n) is 17.9. The van der Waals surface area contributed by atoms with Gasteiger partial charge in [0.2, 0.25) is 5.11 Å². The summed E-state index contributed by atoms with van der Waals surface area (Å²) < 4.78 is 21.4. The number of hydrazone groups is 1. The Bertz CT molecular complexity index is 672. The van der Waals surface area contributed by atoms with Crippen molar-refractivity contribution in [3.8, 4) is 0 Å². The van der Waals surface area contributed by atoms with E-state index in [2.05, 4.69) is 40.6 Å². The number of hydrogen-bond acceptors (Lipinski definition) is 5. The monoisotopic (exact) mass is 443 g/mol. The lowest BCUT2D eigenvalue weighted by molar-refractivity contribution is -0.118. The summed E-state index contributed by atoms with van der Waals surface area (Å²) >= 11 is 5.65. The zero-order chi connectivity index (χ0) is 20.9. The highest BCUT2D eigenvalue weighted by Gasteiger charge is 2.45. The van der Waals surface area contributed by atoms with Crippen LogP contribution in [0.3, 0.4) is 0 Å². The Kier molecular flexibility index (Phi) is 7.98. The van der Waals surface area contributed by atoms with Crippen LogP contribution in [0.25, 0.3) is 0 Å². The van der Waals surface area contributed by atoms with Crippen LogP contribution in [0.5, 0.6) is 0 Å². The Morgan fingerprint density at radius 3 is 2.07 bits per heavy atom. The molecular weight excluding hydrogens is 409 g/mol. The molecule has 8 nitrogen and oxygen atoms in total. The van der Waals surface area contributed by atoms with Gasteiger partial charge in [0.15, 0.2) is 0 Å². The number of ketones is 1. The standard InChI is InChI=1S/C19H34N5O3PS/c1-19(2,3)28(23-7-11-26-12-8-23,24-9-13-27-14-10-24)22-18(29)21-20-16-5-4-6-17(25)15-16/h4-15H2,1-3H3,(H,21,29). The van der Waals surface area contributed by atoms with Crippen LogP contribution < -0.4 is 5.43 Å². The molecule has 0 aromatic rings. The van der Waals surface area contributed by atoms with Gasteiger partial charge in [0.25, 0.3) is 0 Å². The lowest BCUT2D eigenvalue weighted by Crippen LogP contribution is -2.48. The van der Waals surface area contributed by atoms with E-state index < -0.39 is 7.36 Å². The molecule has 0 bridgehead atoms. The minimum Gasteiger partial charge on any atom is -0.379 e. The van der Waals surface area contributed by atoms with Gasteiger partial charge in [-0.1, -0.05) is 20.8 Å². The molecule has 1 aliphatic carbocycles. The van der Waals surface area contributed by atoms with Crippen molar-refractivity contribution < 1.29 is 14.3 Å². The van der Waals surface area contributed by atoms with Crippen molar-refractivity contribution in [2.24, 2.45) is 9.85 Å². The van der Waals surface area contributed by atoms with Gasteiger partial charge < -0.3 is 9.47 Å². The molecule has 0 aromatic heterocycles. The van der Waals surface area contributed by atoms with Crippen molar-refractivity contribution in [2.75, 3.05) is 52.6 Å². The number of carbonyl (C=O) groups is 1. The molecule has 2 saturated heterocycles. The summed E-state index contributed by atoms with van der Waals surface area (Å²) in [6.07, 6.45) is 2.78. The summed E-state index contributed by atoms with van der Waals surface area (Å²) in [5.74, 6) is 0.248. The van der Waals surface area contributed by atoms with E-state index in [4.69, 9.17) is 26.4 Å². The molecule has 0 atom stereocenters. The quantitative estimate of drug-likeness (QED) is 0.408. The number of thiocarbonyl (C=S) groups is 1. The summed E-state index contributed by atoms with van der Waals surface area (Å²) in [4.78, 5) is 11.7. The number of rotatable bonds is 3. The molecule has 10 heteroatoms. The van der Waals surface area contributed by atoms with E-state index in [0.29, 0.717) is 44.4 Å². The van der Waals surface area contributed by atoms with Crippen molar-refractivity contribution >= 4 is 36.2 Å². The van der Waals surface area contributed by atoms with Gasteiger partial charge in [0.1, 0.15) is 13.1 Å². The van der Waals surface area contributed by atoms with E-state index in [0.717, 1.165) is 44.7 Å². The van der Waals surface area contributed by atoms with Gasteiger partial charge in [-0.15, -0.1) is 0 Å². The predicted octanol–water partition coefficient (Wildman–Crippen LogP) is 2.85. The van der Waals surface area contributed by atoms with E-state index in [1.807, 2.05) is 0 Å². The van der Waals surface area contributed by atoms with Crippen LogP contribution in [0.15, 0.2) is 9.85 Å². The lowest BCUT2D eigenvalue weighted by Gasteiger charge is -2.52. The minimum atomic E-state index is -2.18. The molecular formula is C19H34N5O3PS. The van der Waals surface area contributed by atoms with Crippen LogP contribution in [-0.2, 0) is 14.3 Å². The lowest BCUT2D eigenvalue weighted by atomic mass is 9.97. The zero-order valence-corrected chi connectivity index (χ0v) is 19.6. The number of Topliss-reactive ketones (excluding diaryl/α,β-unsaturated/α-hetero) is 1. The van der Waals surface area contributed by atoms with Crippen LogP contribution in [0.4, 0.5) is 0 Å². The Hall–Kier alpha value is -0.700. The SMILES string of the molecule is CC(C)(C)P(=NC(=S)NN=C1CCCC(=O)C1)(N1CCOCC1)N1CCOCC1. The second-order valence-corrected chi connectivity index (χ2v) is 12.8. The number of hydrogen-bond donors (Lipinski definition) is 1. The fourth-order valence-corrected chi connectivity index (χ4v) is 8.97. The van der Waals surface area contributed by atoms with E-state index in [1.54, 1.807) is 0 Å². The number of ether oxygens (including phenoxy) is 2. The maximum Gasteiger partial charge on any atom is 0.214 e. The van der Waals surface area contributed by atoms with Crippen LogP contribution in [0.1, 0.15) is 46.5 Å². The molecule has 0 aromatic carbocycles. The number of carbonyl (C=O) groups excluding carboxylic acids is 1. The summed E-state index contributed by atoms with van der Waals surface area (Å²) in [6, 6.07) is 0. The van der Waals surface area contributed by atoms with Crippen LogP contribution in [0.2, 0.25) is 0 Å². The maximum absolute atomic E-state index is 11.7. The molecule has 0 unspecified atom stereocenters. The third-order valence-electron chi connectivity index (χ3n) is 5.53. The van der Waals surface area contributed by atoms with E-state index >= 15 is 0 Å². The van der Waals surface area contributed by atoms with Crippen molar-refractivity contribution in [1.82, 2.24) is 14.8 Å². The third-order valence-corrected chi connectivity index (χ3v) is 10.5. The normalized spacial score (nSPS) is 24.5. The van der Waals surface area contributed by atoms with Crippen LogP contribution >= 0.6 is 19.6 Å².